The van der Waals surface area contributed by atoms with Crippen LogP contribution in [0.25, 0.3) is 16.6 Å². The van der Waals surface area contributed by atoms with Crippen molar-refractivity contribution in [3.8, 4) is 22.9 Å². The molecule has 0 N–H and O–H groups in total. The number of hydrogen-bond donors (Lipinski definition) is 0. The van der Waals surface area contributed by atoms with Crippen molar-refractivity contribution < 1.29 is 23.8 Å². The number of carbonyl (C=O) groups excluding carboxylic acids is 2. The normalized spacial score (nSPS) is 17.1. The molecule has 5 heterocycles. The maximum absolute atomic E-state index is 13.0. The highest BCUT2D eigenvalue weighted by atomic mass is 16.6. The van der Waals surface area contributed by atoms with Crippen LogP contribution in [0.2, 0.25) is 0 Å². The molecule has 5 rings (SSSR count). The average Bonchev–Trinajstić information content (AvgIpc) is 3.43. The Labute approximate surface area is 277 Å². The van der Waals surface area contributed by atoms with Gasteiger partial charge in [0.05, 0.1) is 42.6 Å². The molecule has 12 heteroatoms. The Hall–Kier alpha value is -4.37. The van der Waals surface area contributed by atoms with Gasteiger partial charge in [-0.05, 0) is 78.0 Å². The van der Waals surface area contributed by atoms with Crippen molar-refractivity contribution in [3.05, 3.63) is 42.4 Å². The first-order valence-electron chi connectivity index (χ1n) is 16.5. The Morgan fingerprint density at radius 3 is 2.38 bits per heavy atom. The highest BCUT2D eigenvalue weighted by Gasteiger charge is 2.40. The summed E-state index contributed by atoms with van der Waals surface area (Å²) < 4.78 is 18.6. The summed E-state index contributed by atoms with van der Waals surface area (Å²) in [5, 5.41) is 14.0. The Balaban J connectivity index is 1.28. The topological polar surface area (TPSA) is 126 Å². The smallest absolute Gasteiger partial charge is 0.410 e. The number of piperidine rings is 1. The van der Waals surface area contributed by atoms with Crippen molar-refractivity contribution in [1.82, 2.24) is 24.4 Å². The number of piperazine rings is 1. The number of hydrogen-bond acceptors (Lipinski definition) is 10. The third-order valence-electron chi connectivity index (χ3n) is 8.69. The lowest BCUT2D eigenvalue weighted by molar-refractivity contribution is -0.151. The number of nitriles is 1. The SMILES string of the molecule is CCOc1cc(-c2ccc(N3CCC(CC(=O)OC(C)C)(CN4CCN(C(=O)OC(C)(C)C)CC4)CC3)nc2)c2c(C#N)cnn2c1. The van der Waals surface area contributed by atoms with Crippen molar-refractivity contribution >= 4 is 23.4 Å². The van der Waals surface area contributed by atoms with Crippen LogP contribution in [0.4, 0.5) is 10.6 Å². The molecule has 2 saturated heterocycles. The zero-order valence-corrected chi connectivity index (χ0v) is 28.5. The second kappa shape index (κ2) is 14.2. The molecule has 3 aromatic heterocycles. The minimum Gasteiger partial charge on any atom is -0.492 e. The lowest BCUT2D eigenvalue weighted by Gasteiger charge is -2.46. The van der Waals surface area contributed by atoms with Gasteiger partial charge in [-0.1, -0.05) is 0 Å². The van der Waals surface area contributed by atoms with Crippen LogP contribution in [0.1, 0.15) is 66.4 Å². The minimum absolute atomic E-state index is 0.165. The van der Waals surface area contributed by atoms with E-state index >= 15 is 0 Å². The quantitative estimate of drug-likeness (QED) is 0.289. The van der Waals surface area contributed by atoms with Crippen LogP contribution < -0.4 is 9.64 Å². The van der Waals surface area contributed by atoms with Crippen LogP contribution in [0, 0.1) is 16.7 Å². The fraction of sp³-hybridized carbons (Fsp3) is 0.571. The van der Waals surface area contributed by atoms with E-state index in [2.05, 4.69) is 21.0 Å². The molecular formula is C35H47N7O5. The van der Waals surface area contributed by atoms with E-state index in [0.29, 0.717) is 42.9 Å². The lowest BCUT2D eigenvalue weighted by atomic mass is 9.75. The van der Waals surface area contributed by atoms with Crippen LogP contribution in [0.3, 0.4) is 0 Å². The summed E-state index contributed by atoms with van der Waals surface area (Å²) in [7, 11) is 0. The summed E-state index contributed by atoms with van der Waals surface area (Å²) in [5.41, 5.74) is 2.13. The zero-order valence-electron chi connectivity index (χ0n) is 28.5. The molecule has 0 unspecified atom stereocenters. The number of nitrogens with zero attached hydrogens (tertiary/aromatic N) is 7. The van der Waals surface area contributed by atoms with Gasteiger partial charge in [0.15, 0.2) is 0 Å². The van der Waals surface area contributed by atoms with E-state index in [0.717, 1.165) is 62.5 Å². The van der Waals surface area contributed by atoms with E-state index < -0.39 is 5.60 Å². The summed E-state index contributed by atoms with van der Waals surface area (Å²) in [5.74, 6) is 1.37. The number of aromatic nitrogens is 3. The number of ether oxygens (including phenoxy) is 3. The molecule has 252 valence electrons. The van der Waals surface area contributed by atoms with E-state index in [1.54, 1.807) is 21.8 Å². The highest BCUT2D eigenvalue weighted by Crippen LogP contribution is 2.39. The van der Waals surface area contributed by atoms with E-state index in [4.69, 9.17) is 19.2 Å². The van der Waals surface area contributed by atoms with Crippen molar-refractivity contribution in [2.75, 3.05) is 57.3 Å². The van der Waals surface area contributed by atoms with Gasteiger partial charge in [-0.15, -0.1) is 0 Å². The first kappa shape index (κ1) is 34.0. The summed E-state index contributed by atoms with van der Waals surface area (Å²) >= 11 is 0. The van der Waals surface area contributed by atoms with Crippen LogP contribution in [0.15, 0.2) is 36.8 Å². The van der Waals surface area contributed by atoms with Gasteiger partial charge in [0.2, 0.25) is 0 Å². The van der Waals surface area contributed by atoms with Crippen LogP contribution in [-0.4, -0.2) is 101 Å². The van der Waals surface area contributed by atoms with Gasteiger partial charge >= 0.3 is 12.1 Å². The molecule has 1 amide bonds. The first-order chi connectivity index (χ1) is 22.4. The Bertz CT molecular complexity index is 1590. The molecule has 47 heavy (non-hydrogen) atoms. The summed E-state index contributed by atoms with van der Waals surface area (Å²) in [6, 6.07) is 8.20. The first-order valence-corrected chi connectivity index (χ1v) is 16.5. The molecule has 0 saturated carbocycles. The monoisotopic (exact) mass is 645 g/mol. The van der Waals surface area contributed by atoms with Gasteiger partial charge in [-0.3, -0.25) is 9.69 Å². The van der Waals surface area contributed by atoms with E-state index in [9.17, 15) is 14.9 Å². The summed E-state index contributed by atoms with van der Waals surface area (Å²) in [6.45, 7) is 16.8. The Morgan fingerprint density at radius 2 is 1.79 bits per heavy atom. The fourth-order valence-electron chi connectivity index (χ4n) is 6.48. The maximum Gasteiger partial charge on any atom is 0.410 e. The number of amides is 1. The van der Waals surface area contributed by atoms with Gasteiger partial charge in [0.25, 0.3) is 0 Å². The molecule has 2 aliphatic rings. The standard InChI is InChI=1S/C35H47N7O5/c1-7-45-28-18-29(32-27(20-36)22-38-42(32)23-28)26-8-9-30(37-21-26)40-12-10-35(11-13-40,19-31(43)46-25(2)3)24-39-14-16-41(17-15-39)33(44)47-34(4,5)6/h8-9,18,21-23,25H,7,10-17,19,24H2,1-6H3. The van der Waals surface area contributed by atoms with Crippen molar-refractivity contribution in [1.29, 1.82) is 5.26 Å². The fourth-order valence-corrected chi connectivity index (χ4v) is 6.48. The zero-order chi connectivity index (χ0) is 33.8. The van der Waals surface area contributed by atoms with Crippen molar-refractivity contribution in [2.24, 2.45) is 5.41 Å². The highest BCUT2D eigenvalue weighted by molar-refractivity contribution is 5.85. The predicted molar refractivity (Wildman–Crippen MR) is 178 cm³/mol. The van der Waals surface area contributed by atoms with Gasteiger partial charge < -0.3 is 24.0 Å². The van der Waals surface area contributed by atoms with E-state index in [1.807, 2.05) is 65.9 Å². The summed E-state index contributed by atoms with van der Waals surface area (Å²) in [4.78, 5) is 36.8. The molecule has 2 fully saturated rings. The van der Waals surface area contributed by atoms with E-state index in [-0.39, 0.29) is 23.6 Å². The number of fused-ring (bicyclic) bond motifs is 1. The molecule has 0 aliphatic carbocycles. The van der Waals surface area contributed by atoms with Gasteiger partial charge in [-0.25, -0.2) is 14.3 Å². The summed E-state index contributed by atoms with van der Waals surface area (Å²) in [6.07, 6.45) is 6.72. The maximum atomic E-state index is 13.0. The number of carbonyl (C=O) groups is 2. The van der Waals surface area contributed by atoms with Gasteiger partial charge in [0, 0.05) is 63.1 Å². The average molecular weight is 646 g/mol. The third-order valence-corrected chi connectivity index (χ3v) is 8.69. The number of pyridine rings is 2. The van der Waals surface area contributed by atoms with Crippen molar-refractivity contribution in [2.45, 2.75) is 72.5 Å². The molecule has 12 nitrogen and oxygen atoms in total. The number of esters is 1. The van der Waals surface area contributed by atoms with Gasteiger partial charge in [-0.2, -0.15) is 10.4 Å². The Morgan fingerprint density at radius 1 is 1.06 bits per heavy atom. The molecule has 0 spiro atoms. The van der Waals surface area contributed by atoms with Crippen LogP contribution in [-0.2, 0) is 14.3 Å². The van der Waals surface area contributed by atoms with Crippen LogP contribution >= 0.6 is 0 Å². The molecule has 0 bridgehead atoms. The largest absolute Gasteiger partial charge is 0.492 e. The minimum atomic E-state index is -0.527. The lowest BCUT2D eigenvalue weighted by Crippen LogP contribution is -2.54. The van der Waals surface area contributed by atoms with Crippen molar-refractivity contribution in [3.63, 3.8) is 0 Å². The molecular weight excluding hydrogens is 598 g/mol. The van der Waals surface area contributed by atoms with Gasteiger partial charge in [0.1, 0.15) is 23.2 Å². The molecule has 2 aliphatic heterocycles. The molecule has 3 aromatic rings. The molecule has 0 radical (unpaired) electrons. The second-order valence-electron chi connectivity index (χ2n) is 13.8. The third kappa shape index (κ3) is 8.32. The molecule has 0 atom stereocenters. The molecule has 0 aromatic carbocycles. The van der Waals surface area contributed by atoms with E-state index in [1.165, 1.54) is 0 Å². The second-order valence-corrected chi connectivity index (χ2v) is 13.8. The Kier molecular flexibility index (Phi) is 10.2. The predicted octanol–water partition coefficient (Wildman–Crippen LogP) is 5.15. The number of rotatable bonds is 9. The number of anilines is 1. The van der Waals surface area contributed by atoms with Crippen LogP contribution in [0.5, 0.6) is 5.75 Å².